The third kappa shape index (κ3) is 1.85. The Morgan fingerprint density at radius 1 is 1.41 bits per heavy atom. The summed E-state index contributed by atoms with van der Waals surface area (Å²) in [5.41, 5.74) is 0.445. The minimum Gasteiger partial charge on any atom is -0.481 e. The van der Waals surface area contributed by atoms with E-state index in [0.29, 0.717) is 10.6 Å². The zero-order valence-corrected chi connectivity index (χ0v) is 10.4. The van der Waals surface area contributed by atoms with Crippen molar-refractivity contribution in [3.05, 3.63) is 33.7 Å². The summed E-state index contributed by atoms with van der Waals surface area (Å²) < 4.78 is 24.1. The van der Waals surface area contributed by atoms with E-state index in [0.717, 1.165) is 0 Å². The molecule has 1 aromatic rings. The second-order valence-electron chi connectivity index (χ2n) is 3.79. The fourth-order valence-electron chi connectivity index (χ4n) is 1.71. The van der Waals surface area contributed by atoms with E-state index in [1.807, 2.05) is 0 Å². The van der Waals surface area contributed by atoms with Crippen LogP contribution in [0.4, 0.5) is 0 Å². The topological polar surface area (TPSA) is 71.4 Å². The molecular formula is C11H9ClO4S. The monoisotopic (exact) mass is 272 g/mol. The SMILES string of the molecule is CC(C(=O)O)C1=Cc2cc(Cl)ccc2S1(=O)=O. The quantitative estimate of drug-likeness (QED) is 0.896. The van der Waals surface area contributed by atoms with Gasteiger partial charge in [0, 0.05) is 5.02 Å². The molecule has 1 aliphatic rings. The van der Waals surface area contributed by atoms with Crippen LogP contribution in [0.2, 0.25) is 5.02 Å². The number of carboxylic acids is 1. The standard InChI is InChI=1S/C11H9ClO4S/c1-6(11(13)14)10-5-7-4-8(12)2-3-9(7)17(10,15)16/h2-6H,1H3,(H,13,14). The Hall–Kier alpha value is -1.33. The number of hydrogen-bond acceptors (Lipinski definition) is 3. The van der Waals surface area contributed by atoms with Gasteiger partial charge >= 0.3 is 5.97 Å². The maximum Gasteiger partial charge on any atom is 0.311 e. The highest BCUT2D eigenvalue weighted by atomic mass is 35.5. The third-order valence-corrected chi connectivity index (χ3v) is 4.94. The van der Waals surface area contributed by atoms with Crippen molar-refractivity contribution in [1.29, 1.82) is 0 Å². The van der Waals surface area contributed by atoms with Gasteiger partial charge in [-0.1, -0.05) is 11.6 Å². The molecule has 0 saturated heterocycles. The zero-order valence-electron chi connectivity index (χ0n) is 8.84. The summed E-state index contributed by atoms with van der Waals surface area (Å²) in [5, 5.41) is 9.29. The van der Waals surface area contributed by atoms with Crippen molar-refractivity contribution in [2.45, 2.75) is 11.8 Å². The normalized spacial score (nSPS) is 18.4. The largest absolute Gasteiger partial charge is 0.481 e. The van der Waals surface area contributed by atoms with E-state index < -0.39 is 21.7 Å². The number of rotatable bonds is 2. The predicted molar refractivity (Wildman–Crippen MR) is 63.4 cm³/mol. The third-order valence-electron chi connectivity index (χ3n) is 2.67. The molecule has 1 aromatic carbocycles. The van der Waals surface area contributed by atoms with Gasteiger partial charge in [0.2, 0.25) is 9.84 Å². The highest BCUT2D eigenvalue weighted by Gasteiger charge is 2.35. The summed E-state index contributed by atoms with van der Waals surface area (Å²) >= 11 is 5.77. The Kier molecular flexibility index (Phi) is 2.75. The van der Waals surface area contributed by atoms with Crippen LogP contribution in [0.15, 0.2) is 28.0 Å². The molecule has 0 bridgehead atoms. The van der Waals surface area contributed by atoms with Crippen LogP contribution < -0.4 is 0 Å². The molecule has 1 atom stereocenters. The molecule has 90 valence electrons. The van der Waals surface area contributed by atoms with Gasteiger partial charge in [0.25, 0.3) is 0 Å². The number of carboxylic acid groups (broad SMARTS) is 1. The average Bonchev–Trinajstić information content (AvgIpc) is 2.48. The first-order valence-electron chi connectivity index (χ1n) is 4.83. The minimum atomic E-state index is -3.69. The van der Waals surface area contributed by atoms with E-state index in [1.54, 1.807) is 0 Å². The summed E-state index contributed by atoms with van der Waals surface area (Å²) in [6.45, 7) is 1.35. The predicted octanol–water partition coefficient (Wildman–Crippen LogP) is 2.19. The number of benzene rings is 1. The molecule has 6 heteroatoms. The van der Waals surface area contributed by atoms with Crippen molar-refractivity contribution in [3.8, 4) is 0 Å². The zero-order chi connectivity index (χ0) is 12.8. The Bertz CT molecular complexity index is 631. The molecular weight excluding hydrogens is 264 g/mol. The smallest absolute Gasteiger partial charge is 0.311 e. The number of halogens is 1. The van der Waals surface area contributed by atoms with Gasteiger partial charge in [-0.05, 0) is 36.8 Å². The molecule has 1 N–H and O–H groups in total. The van der Waals surface area contributed by atoms with Crippen molar-refractivity contribution in [3.63, 3.8) is 0 Å². The Morgan fingerprint density at radius 2 is 2.06 bits per heavy atom. The lowest BCUT2D eigenvalue weighted by Gasteiger charge is -2.07. The molecule has 2 rings (SSSR count). The van der Waals surface area contributed by atoms with Crippen LogP contribution in [-0.4, -0.2) is 19.5 Å². The highest BCUT2D eigenvalue weighted by Crippen LogP contribution is 2.37. The minimum absolute atomic E-state index is 0.0951. The van der Waals surface area contributed by atoms with Gasteiger partial charge in [0.1, 0.15) is 0 Å². The van der Waals surface area contributed by atoms with Crippen LogP contribution in [0.25, 0.3) is 6.08 Å². The summed E-state index contributed by atoms with van der Waals surface area (Å²) in [7, 11) is -3.69. The van der Waals surface area contributed by atoms with Gasteiger partial charge in [-0.25, -0.2) is 8.42 Å². The fraction of sp³-hybridized carbons (Fsp3) is 0.182. The van der Waals surface area contributed by atoms with E-state index in [1.165, 1.54) is 31.2 Å². The number of hydrogen-bond donors (Lipinski definition) is 1. The Labute approximate surface area is 103 Å². The lowest BCUT2D eigenvalue weighted by atomic mass is 10.1. The van der Waals surface area contributed by atoms with Gasteiger partial charge in [0.15, 0.2) is 0 Å². The van der Waals surface area contributed by atoms with Crippen LogP contribution in [0.3, 0.4) is 0 Å². The van der Waals surface area contributed by atoms with Crippen molar-refractivity contribution in [2.24, 2.45) is 5.92 Å². The van der Waals surface area contributed by atoms with E-state index in [2.05, 4.69) is 0 Å². The first kappa shape index (κ1) is 12.1. The summed E-state index contributed by atoms with van der Waals surface area (Å²) in [6, 6.07) is 4.38. The molecule has 1 aliphatic heterocycles. The number of carbonyl (C=O) groups is 1. The van der Waals surface area contributed by atoms with Crippen LogP contribution in [0.1, 0.15) is 12.5 Å². The van der Waals surface area contributed by atoms with E-state index in [-0.39, 0.29) is 9.80 Å². The lowest BCUT2D eigenvalue weighted by Crippen LogP contribution is -2.16. The van der Waals surface area contributed by atoms with Crippen molar-refractivity contribution in [1.82, 2.24) is 0 Å². The summed E-state index contributed by atoms with van der Waals surface area (Å²) in [4.78, 5) is 10.9. The second-order valence-corrected chi connectivity index (χ2v) is 6.15. The molecule has 0 fully saturated rings. The van der Waals surface area contributed by atoms with E-state index in [9.17, 15) is 13.2 Å². The molecule has 1 heterocycles. The van der Waals surface area contributed by atoms with Crippen molar-refractivity contribution in [2.75, 3.05) is 0 Å². The maximum absolute atomic E-state index is 12.1. The highest BCUT2D eigenvalue weighted by molar-refractivity contribution is 7.95. The van der Waals surface area contributed by atoms with Gasteiger partial charge in [-0.15, -0.1) is 0 Å². The van der Waals surface area contributed by atoms with Crippen LogP contribution in [-0.2, 0) is 14.6 Å². The summed E-state index contributed by atoms with van der Waals surface area (Å²) in [5.74, 6) is -2.23. The van der Waals surface area contributed by atoms with Crippen molar-refractivity contribution >= 4 is 33.5 Å². The van der Waals surface area contributed by atoms with Crippen LogP contribution in [0.5, 0.6) is 0 Å². The van der Waals surface area contributed by atoms with Gasteiger partial charge in [-0.3, -0.25) is 4.79 Å². The van der Waals surface area contributed by atoms with Gasteiger partial charge in [0.05, 0.1) is 15.7 Å². The molecule has 0 spiro atoms. The fourth-order valence-corrected chi connectivity index (χ4v) is 3.67. The molecule has 0 aliphatic carbocycles. The molecule has 0 radical (unpaired) electrons. The van der Waals surface area contributed by atoms with Gasteiger partial charge < -0.3 is 5.11 Å². The average molecular weight is 273 g/mol. The molecule has 17 heavy (non-hydrogen) atoms. The van der Waals surface area contributed by atoms with E-state index >= 15 is 0 Å². The first-order chi connectivity index (χ1) is 7.84. The Balaban J connectivity index is 2.62. The molecule has 0 aromatic heterocycles. The molecule has 1 unspecified atom stereocenters. The number of sulfone groups is 1. The maximum atomic E-state index is 12.1. The first-order valence-corrected chi connectivity index (χ1v) is 6.69. The number of aliphatic carboxylic acids is 1. The molecule has 0 amide bonds. The second kappa shape index (κ2) is 3.85. The van der Waals surface area contributed by atoms with Gasteiger partial charge in [-0.2, -0.15) is 0 Å². The van der Waals surface area contributed by atoms with E-state index in [4.69, 9.17) is 16.7 Å². The molecule has 0 saturated carbocycles. The summed E-state index contributed by atoms with van der Waals surface area (Å²) in [6.07, 6.45) is 1.37. The lowest BCUT2D eigenvalue weighted by molar-refractivity contribution is -0.139. The molecule has 4 nitrogen and oxygen atoms in total. The number of fused-ring (bicyclic) bond motifs is 1. The van der Waals surface area contributed by atoms with Crippen LogP contribution in [0, 0.1) is 5.92 Å². The van der Waals surface area contributed by atoms with Crippen molar-refractivity contribution < 1.29 is 18.3 Å². The Morgan fingerprint density at radius 3 is 2.65 bits per heavy atom. The van der Waals surface area contributed by atoms with Crippen LogP contribution >= 0.6 is 11.6 Å².